The summed E-state index contributed by atoms with van der Waals surface area (Å²) in [4.78, 5) is 29.2. The largest absolute Gasteiger partial charge is 0.506 e. The molecule has 0 spiro atoms. The Bertz CT molecular complexity index is 1170. The molecule has 188 valence electrons. The van der Waals surface area contributed by atoms with Gasteiger partial charge in [-0.3, -0.25) is 14.5 Å². The standard InChI is InChI=1S/C28H37N3O4/c32-25-22-9-4-5-10-23(22)31(19-7-2-1-3-8-19)27(34)24(25)26(33)29-11-6-12-30-20-13-18-14-21(30)17-28(35,15-18)16-20/h4-5,9-10,18-21,32,35H,1-3,6-8,11-17H2,(H,29,33). The number of carbonyl (C=O) groups is 1. The summed E-state index contributed by atoms with van der Waals surface area (Å²) < 4.78 is 1.76. The summed E-state index contributed by atoms with van der Waals surface area (Å²) in [5.74, 6) is -0.0407. The fraction of sp³-hybridized carbons (Fsp3) is 0.643. The van der Waals surface area contributed by atoms with E-state index >= 15 is 0 Å². The van der Waals surface area contributed by atoms with E-state index in [0.717, 1.165) is 57.9 Å². The second-order valence-corrected chi connectivity index (χ2v) is 11.5. The van der Waals surface area contributed by atoms with Crippen LogP contribution in [0.5, 0.6) is 5.75 Å². The Hall–Kier alpha value is -2.38. The Morgan fingerprint density at radius 1 is 1.03 bits per heavy atom. The van der Waals surface area contributed by atoms with Crippen LogP contribution < -0.4 is 10.9 Å². The van der Waals surface area contributed by atoms with E-state index in [9.17, 15) is 19.8 Å². The molecule has 4 bridgehead atoms. The number of pyridine rings is 1. The van der Waals surface area contributed by atoms with Crippen LogP contribution in [0.1, 0.15) is 87.0 Å². The highest BCUT2D eigenvalue weighted by molar-refractivity contribution is 6.02. The van der Waals surface area contributed by atoms with E-state index < -0.39 is 11.5 Å². The zero-order chi connectivity index (χ0) is 24.2. The molecule has 35 heavy (non-hydrogen) atoms. The quantitative estimate of drug-likeness (QED) is 0.549. The van der Waals surface area contributed by atoms with E-state index in [4.69, 9.17) is 0 Å². The van der Waals surface area contributed by atoms with Crippen molar-refractivity contribution in [3.8, 4) is 5.75 Å². The van der Waals surface area contributed by atoms with Crippen LogP contribution >= 0.6 is 0 Å². The number of nitrogens with one attached hydrogen (secondary N) is 1. The fourth-order valence-electron chi connectivity index (χ4n) is 7.84. The zero-order valence-corrected chi connectivity index (χ0v) is 20.4. The number of aromatic nitrogens is 1. The Morgan fingerprint density at radius 3 is 2.46 bits per heavy atom. The highest BCUT2D eigenvalue weighted by Crippen LogP contribution is 2.51. The van der Waals surface area contributed by atoms with Gasteiger partial charge in [0.2, 0.25) is 0 Å². The second kappa shape index (κ2) is 8.93. The molecule has 5 aliphatic rings. The number of amides is 1. The molecule has 2 atom stereocenters. The van der Waals surface area contributed by atoms with Crippen LogP contribution in [-0.4, -0.2) is 56.4 Å². The average Bonchev–Trinajstić information content (AvgIpc) is 2.83. The van der Waals surface area contributed by atoms with Crippen molar-refractivity contribution in [2.75, 3.05) is 13.1 Å². The monoisotopic (exact) mass is 479 g/mol. The van der Waals surface area contributed by atoms with Gasteiger partial charge in [0.25, 0.3) is 11.5 Å². The minimum Gasteiger partial charge on any atom is -0.506 e. The first-order valence-corrected chi connectivity index (χ1v) is 13.6. The average molecular weight is 480 g/mol. The number of rotatable bonds is 6. The lowest BCUT2D eigenvalue weighted by Gasteiger charge is -2.60. The smallest absolute Gasteiger partial charge is 0.267 e. The normalized spacial score (nSPS) is 30.7. The molecule has 7 nitrogen and oxygen atoms in total. The fourth-order valence-corrected chi connectivity index (χ4v) is 7.84. The molecule has 1 amide bonds. The molecule has 2 aliphatic heterocycles. The summed E-state index contributed by atoms with van der Waals surface area (Å²) in [7, 11) is 0. The topological polar surface area (TPSA) is 94.8 Å². The number of para-hydroxylation sites is 1. The Morgan fingerprint density at radius 2 is 1.74 bits per heavy atom. The minimum absolute atomic E-state index is 0.0628. The van der Waals surface area contributed by atoms with Crippen LogP contribution in [-0.2, 0) is 0 Å². The molecule has 1 aromatic carbocycles. The molecule has 5 fully saturated rings. The maximum Gasteiger partial charge on any atom is 0.267 e. The van der Waals surface area contributed by atoms with Gasteiger partial charge in [0, 0.05) is 36.6 Å². The van der Waals surface area contributed by atoms with E-state index in [-0.39, 0.29) is 22.9 Å². The van der Waals surface area contributed by atoms with Gasteiger partial charge in [-0.15, -0.1) is 0 Å². The maximum atomic E-state index is 13.5. The van der Waals surface area contributed by atoms with Crippen LogP contribution in [0, 0.1) is 5.92 Å². The Balaban J connectivity index is 1.16. The van der Waals surface area contributed by atoms with E-state index in [0.29, 0.717) is 35.4 Å². The molecule has 3 heterocycles. The molecular formula is C28H37N3O4. The lowest BCUT2D eigenvalue weighted by atomic mass is 9.61. The maximum absolute atomic E-state index is 13.5. The van der Waals surface area contributed by atoms with Gasteiger partial charge in [0.05, 0.1) is 11.1 Å². The number of carbonyl (C=O) groups excluding carboxylic acids is 1. The number of aliphatic hydroxyl groups is 1. The van der Waals surface area contributed by atoms with Gasteiger partial charge in [-0.05, 0) is 69.4 Å². The van der Waals surface area contributed by atoms with Crippen LogP contribution in [0.2, 0.25) is 0 Å². The number of aromatic hydroxyl groups is 1. The summed E-state index contributed by atoms with van der Waals surface area (Å²) in [5.41, 5.74) is -0.266. The van der Waals surface area contributed by atoms with Crippen LogP contribution in [0.3, 0.4) is 0 Å². The number of hydrogen-bond donors (Lipinski definition) is 3. The molecule has 2 saturated heterocycles. The first kappa shape index (κ1) is 23.0. The van der Waals surface area contributed by atoms with Gasteiger partial charge in [-0.1, -0.05) is 31.4 Å². The molecule has 7 rings (SSSR count). The number of nitrogens with zero attached hydrogens (tertiary/aromatic N) is 2. The van der Waals surface area contributed by atoms with Gasteiger partial charge in [-0.25, -0.2) is 0 Å². The van der Waals surface area contributed by atoms with Gasteiger partial charge >= 0.3 is 0 Å². The van der Waals surface area contributed by atoms with Crippen molar-refractivity contribution in [2.45, 2.75) is 94.4 Å². The summed E-state index contributed by atoms with van der Waals surface area (Å²) in [5, 5.41) is 25.2. The molecule has 2 aromatic rings. The molecule has 1 aromatic heterocycles. The summed E-state index contributed by atoms with van der Waals surface area (Å²) in [6, 6.07) is 8.32. The third-order valence-corrected chi connectivity index (χ3v) is 9.18. The van der Waals surface area contributed by atoms with Crippen molar-refractivity contribution >= 4 is 16.8 Å². The Labute approximate surface area is 206 Å². The summed E-state index contributed by atoms with van der Waals surface area (Å²) >= 11 is 0. The van der Waals surface area contributed by atoms with Gasteiger partial charge in [0.15, 0.2) is 0 Å². The van der Waals surface area contributed by atoms with Crippen molar-refractivity contribution in [1.29, 1.82) is 0 Å². The summed E-state index contributed by atoms with van der Waals surface area (Å²) in [6.07, 6.45) is 11.0. The first-order chi connectivity index (χ1) is 16.9. The number of hydrogen-bond acceptors (Lipinski definition) is 5. The van der Waals surface area contributed by atoms with Gasteiger partial charge in [-0.2, -0.15) is 0 Å². The summed E-state index contributed by atoms with van der Waals surface area (Å²) in [6.45, 7) is 1.34. The van der Waals surface area contributed by atoms with Crippen molar-refractivity contribution < 1.29 is 15.0 Å². The lowest BCUT2D eigenvalue weighted by Crippen LogP contribution is -2.64. The van der Waals surface area contributed by atoms with Crippen molar-refractivity contribution in [2.24, 2.45) is 5.92 Å². The molecular weight excluding hydrogens is 442 g/mol. The molecule has 3 saturated carbocycles. The third-order valence-electron chi connectivity index (χ3n) is 9.18. The van der Waals surface area contributed by atoms with Crippen LogP contribution in [0.25, 0.3) is 10.9 Å². The lowest BCUT2D eigenvalue weighted by molar-refractivity contribution is -0.157. The number of piperidine rings is 2. The van der Waals surface area contributed by atoms with Gasteiger partial charge < -0.3 is 20.1 Å². The number of fused-ring (bicyclic) bond motifs is 1. The molecule has 0 radical (unpaired) electrons. The molecule has 7 heteroatoms. The van der Waals surface area contributed by atoms with Gasteiger partial charge in [0.1, 0.15) is 11.3 Å². The molecule has 2 unspecified atom stereocenters. The predicted molar refractivity (Wildman–Crippen MR) is 135 cm³/mol. The van der Waals surface area contributed by atoms with E-state index in [1.807, 2.05) is 18.2 Å². The molecule has 3 aliphatic carbocycles. The highest BCUT2D eigenvalue weighted by atomic mass is 16.3. The van der Waals surface area contributed by atoms with E-state index in [2.05, 4.69) is 10.2 Å². The van der Waals surface area contributed by atoms with Crippen LogP contribution in [0.4, 0.5) is 0 Å². The van der Waals surface area contributed by atoms with Crippen molar-refractivity contribution in [1.82, 2.24) is 14.8 Å². The van der Waals surface area contributed by atoms with E-state index in [1.54, 1.807) is 10.6 Å². The van der Waals surface area contributed by atoms with Crippen molar-refractivity contribution in [3.05, 3.63) is 40.2 Å². The minimum atomic E-state index is -0.489. The SMILES string of the molecule is O=C(NCCCN1C2CC3CC1CC(O)(C3)C2)c1c(O)c2ccccc2n(C2CCCCC2)c1=O. The Kier molecular flexibility index (Phi) is 5.88. The predicted octanol–water partition coefficient (Wildman–Crippen LogP) is 3.71. The van der Waals surface area contributed by atoms with E-state index in [1.165, 1.54) is 19.3 Å². The molecule has 3 N–H and O–H groups in total. The first-order valence-electron chi connectivity index (χ1n) is 13.6. The van der Waals surface area contributed by atoms with Crippen LogP contribution in [0.15, 0.2) is 29.1 Å². The number of benzene rings is 1. The highest BCUT2D eigenvalue weighted by Gasteiger charge is 2.53. The van der Waals surface area contributed by atoms with Crippen molar-refractivity contribution in [3.63, 3.8) is 0 Å². The zero-order valence-electron chi connectivity index (χ0n) is 20.4. The second-order valence-electron chi connectivity index (χ2n) is 11.5. The third kappa shape index (κ3) is 4.06.